The number of nitrogens with one attached hydrogen (secondary N) is 2. The van der Waals surface area contributed by atoms with Crippen molar-refractivity contribution in [2.24, 2.45) is 5.92 Å². The van der Waals surface area contributed by atoms with Gasteiger partial charge in [0.2, 0.25) is 5.91 Å². The monoisotopic (exact) mass is 393 g/mol. The molecule has 0 atom stereocenters. The van der Waals surface area contributed by atoms with Gasteiger partial charge in [0.1, 0.15) is 0 Å². The number of aryl methyl sites for hydroxylation is 2. The summed E-state index contributed by atoms with van der Waals surface area (Å²) in [6.07, 6.45) is 1.81. The van der Waals surface area contributed by atoms with Gasteiger partial charge in [0.05, 0.1) is 0 Å². The van der Waals surface area contributed by atoms with Crippen LogP contribution in [0.15, 0.2) is 42.5 Å². The molecular weight excluding hydrogens is 366 g/mol. The maximum absolute atomic E-state index is 12.5. The Labute approximate surface area is 171 Å². The molecule has 2 N–H and O–H groups in total. The summed E-state index contributed by atoms with van der Waals surface area (Å²) in [5, 5.41) is 5.26. The van der Waals surface area contributed by atoms with E-state index in [4.69, 9.17) is 0 Å². The van der Waals surface area contributed by atoms with Crippen molar-refractivity contribution < 1.29 is 14.4 Å². The normalized spacial score (nSPS) is 13.0. The van der Waals surface area contributed by atoms with Crippen molar-refractivity contribution in [1.29, 1.82) is 0 Å². The van der Waals surface area contributed by atoms with Gasteiger partial charge in [-0.2, -0.15) is 0 Å². The summed E-state index contributed by atoms with van der Waals surface area (Å²) in [4.78, 5) is 38.7. The van der Waals surface area contributed by atoms with E-state index in [1.807, 2.05) is 51.1 Å². The Bertz CT molecular complexity index is 919. The van der Waals surface area contributed by atoms with Crippen molar-refractivity contribution in [1.82, 2.24) is 5.32 Å². The number of carbonyl (C=O) groups excluding carboxylic acids is 3. The van der Waals surface area contributed by atoms with Gasteiger partial charge >= 0.3 is 11.8 Å². The Hall–Kier alpha value is -3.15. The predicted molar refractivity (Wildman–Crippen MR) is 114 cm³/mol. The van der Waals surface area contributed by atoms with E-state index in [1.165, 1.54) is 0 Å². The van der Waals surface area contributed by atoms with Gasteiger partial charge in [-0.05, 0) is 43.0 Å². The largest absolute Gasteiger partial charge is 0.344 e. The summed E-state index contributed by atoms with van der Waals surface area (Å²) in [6, 6.07) is 13.2. The maximum Gasteiger partial charge on any atom is 0.313 e. The lowest BCUT2D eigenvalue weighted by Crippen LogP contribution is -2.38. The van der Waals surface area contributed by atoms with Crippen molar-refractivity contribution in [2.75, 3.05) is 16.8 Å². The smallest absolute Gasteiger partial charge is 0.313 e. The predicted octanol–water partition coefficient (Wildman–Crippen LogP) is 3.19. The van der Waals surface area contributed by atoms with E-state index in [-0.39, 0.29) is 18.4 Å². The molecule has 152 valence electrons. The first-order chi connectivity index (χ1) is 13.8. The molecule has 2 aromatic rings. The number of nitrogens with zero attached hydrogens (tertiary/aromatic N) is 1. The van der Waals surface area contributed by atoms with Crippen molar-refractivity contribution in [3.05, 3.63) is 59.2 Å². The van der Waals surface area contributed by atoms with Crippen LogP contribution in [0.25, 0.3) is 0 Å². The van der Waals surface area contributed by atoms with Crippen molar-refractivity contribution in [3.8, 4) is 0 Å². The van der Waals surface area contributed by atoms with E-state index in [0.717, 1.165) is 35.2 Å². The Morgan fingerprint density at radius 3 is 2.45 bits per heavy atom. The summed E-state index contributed by atoms with van der Waals surface area (Å²) in [6.45, 7) is 6.69. The summed E-state index contributed by atoms with van der Waals surface area (Å²) in [5.74, 6) is -1.47. The zero-order chi connectivity index (χ0) is 21.0. The average molecular weight is 393 g/mol. The number of benzene rings is 2. The van der Waals surface area contributed by atoms with E-state index >= 15 is 0 Å². The van der Waals surface area contributed by atoms with Gasteiger partial charge in [-0.15, -0.1) is 0 Å². The van der Waals surface area contributed by atoms with Crippen molar-refractivity contribution >= 4 is 29.1 Å². The SMILES string of the molecule is Cc1ccc(CNC(=O)C(=O)Nc2ccc3c(c2)N(C(=O)C(C)C)CCC3)cc1. The Balaban J connectivity index is 1.66. The lowest BCUT2D eigenvalue weighted by Gasteiger charge is -2.31. The molecule has 0 bridgehead atoms. The Kier molecular flexibility index (Phi) is 6.32. The summed E-state index contributed by atoms with van der Waals surface area (Å²) in [5.41, 5.74) is 4.45. The number of hydrogen-bond donors (Lipinski definition) is 2. The van der Waals surface area contributed by atoms with Gasteiger partial charge < -0.3 is 15.5 Å². The van der Waals surface area contributed by atoms with Crippen LogP contribution < -0.4 is 15.5 Å². The third-order valence-electron chi connectivity index (χ3n) is 5.00. The highest BCUT2D eigenvalue weighted by Crippen LogP contribution is 2.31. The van der Waals surface area contributed by atoms with Gasteiger partial charge in [-0.25, -0.2) is 0 Å². The van der Waals surface area contributed by atoms with Gasteiger partial charge in [0.25, 0.3) is 0 Å². The van der Waals surface area contributed by atoms with Crippen molar-refractivity contribution in [2.45, 2.75) is 40.2 Å². The van der Waals surface area contributed by atoms with Crippen LogP contribution in [-0.2, 0) is 27.3 Å². The number of fused-ring (bicyclic) bond motifs is 1. The molecule has 0 fully saturated rings. The second-order valence-electron chi connectivity index (χ2n) is 7.71. The molecule has 6 nitrogen and oxygen atoms in total. The topological polar surface area (TPSA) is 78.5 Å². The highest BCUT2D eigenvalue weighted by atomic mass is 16.2. The molecule has 3 amide bonds. The fourth-order valence-corrected chi connectivity index (χ4v) is 3.35. The minimum atomic E-state index is -0.727. The minimum absolute atomic E-state index is 0.0604. The number of hydrogen-bond acceptors (Lipinski definition) is 3. The Morgan fingerprint density at radius 2 is 1.76 bits per heavy atom. The molecule has 1 aliphatic heterocycles. The van der Waals surface area contributed by atoms with Crippen LogP contribution in [0.4, 0.5) is 11.4 Å². The zero-order valence-corrected chi connectivity index (χ0v) is 17.1. The molecule has 1 heterocycles. The number of amides is 3. The molecule has 29 heavy (non-hydrogen) atoms. The van der Waals surface area contributed by atoms with Gasteiger partial charge in [-0.1, -0.05) is 49.7 Å². The van der Waals surface area contributed by atoms with Crippen LogP contribution in [0.3, 0.4) is 0 Å². The van der Waals surface area contributed by atoms with Crippen LogP contribution in [0, 0.1) is 12.8 Å². The average Bonchev–Trinajstić information content (AvgIpc) is 2.72. The quantitative estimate of drug-likeness (QED) is 0.783. The molecule has 6 heteroatoms. The van der Waals surface area contributed by atoms with E-state index in [1.54, 1.807) is 17.0 Å². The molecule has 3 rings (SSSR count). The highest BCUT2D eigenvalue weighted by Gasteiger charge is 2.25. The zero-order valence-electron chi connectivity index (χ0n) is 17.1. The van der Waals surface area contributed by atoms with Gasteiger partial charge in [-0.3, -0.25) is 14.4 Å². The molecule has 0 aliphatic carbocycles. The molecule has 0 spiro atoms. The number of carbonyl (C=O) groups is 3. The fraction of sp³-hybridized carbons (Fsp3) is 0.348. The number of anilines is 2. The van der Waals surface area contributed by atoms with Crippen LogP contribution in [0.5, 0.6) is 0 Å². The van der Waals surface area contributed by atoms with Crippen LogP contribution >= 0.6 is 0 Å². The van der Waals surface area contributed by atoms with Crippen LogP contribution in [-0.4, -0.2) is 24.3 Å². The first-order valence-corrected chi connectivity index (χ1v) is 9.94. The van der Waals surface area contributed by atoms with Crippen LogP contribution in [0.1, 0.15) is 37.0 Å². The minimum Gasteiger partial charge on any atom is -0.344 e. The molecule has 2 aromatic carbocycles. The lowest BCUT2D eigenvalue weighted by molar-refractivity contribution is -0.136. The third-order valence-corrected chi connectivity index (χ3v) is 5.00. The van der Waals surface area contributed by atoms with E-state index in [9.17, 15) is 14.4 Å². The summed E-state index contributed by atoms with van der Waals surface area (Å²) in [7, 11) is 0. The van der Waals surface area contributed by atoms with E-state index < -0.39 is 11.8 Å². The van der Waals surface area contributed by atoms with E-state index in [0.29, 0.717) is 12.2 Å². The standard InChI is InChI=1S/C23H27N3O3/c1-15(2)23(29)26-12-4-5-18-10-11-19(13-20(18)26)25-22(28)21(27)24-14-17-8-6-16(3)7-9-17/h6-11,13,15H,4-5,12,14H2,1-3H3,(H,24,27)(H,25,28). The second-order valence-corrected chi connectivity index (χ2v) is 7.71. The summed E-state index contributed by atoms with van der Waals surface area (Å²) < 4.78 is 0. The molecule has 0 saturated heterocycles. The second kappa shape index (κ2) is 8.90. The maximum atomic E-state index is 12.5. The highest BCUT2D eigenvalue weighted by molar-refractivity contribution is 6.39. The first kappa shape index (κ1) is 20.6. The Morgan fingerprint density at radius 1 is 1.03 bits per heavy atom. The van der Waals surface area contributed by atoms with Crippen molar-refractivity contribution in [3.63, 3.8) is 0 Å². The molecular formula is C23H27N3O3. The fourth-order valence-electron chi connectivity index (χ4n) is 3.35. The molecule has 1 aliphatic rings. The first-order valence-electron chi connectivity index (χ1n) is 9.94. The van der Waals surface area contributed by atoms with Crippen LogP contribution in [0.2, 0.25) is 0 Å². The molecule has 0 unspecified atom stereocenters. The third kappa shape index (κ3) is 5.02. The van der Waals surface area contributed by atoms with E-state index in [2.05, 4.69) is 10.6 Å². The van der Waals surface area contributed by atoms with Gasteiger partial charge in [0.15, 0.2) is 0 Å². The molecule has 0 radical (unpaired) electrons. The van der Waals surface area contributed by atoms with Gasteiger partial charge in [0, 0.05) is 30.4 Å². The lowest BCUT2D eigenvalue weighted by atomic mass is 9.99. The molecule has 0 saturated carbocycles. The molecule has 0 aromatic heterocycles. The number of rotatable bonds is 4. The summed E-state index contributed by atoms with van der Waals surface area (Å²) >= 11 is 0.